The van der Waals surface area contributed by atoms with Gasteiger partial charge in [0.1, 0.15) is 4.90 Å². The highest BCUT2D eigenvalue weighted by molar-refractivity contribution is 7.89. The van der Waals surface area contributed by atoms with Crippen LogP contribution in [0.15, 0.2) is 29.4 Å². The molecular weight excluding hydrogens is 240 g/mol. The molecule has 2 atom stereocenters. The van der Waals surface area contributed by atoms with Gasteiger partial charge in [-0.05, 0) is 37.3 Å². The summed E-state index contributed by atoms with van der Waals surface area (Å²) in [6.45, 7) is 0.383. The quantitative estimate of drug-likeness (QED) is 0.823. The maximum atomic E-state index is 11.9. The lowest BCUT2D eigenvalue weighted by Gasteiger charge is -2.11. The molecule has 0 aromatic carbocycles. The summed E-state index contributed by atoms with van der Waals surface area (Å²) in [4.78, 5) is 3.96. The van der Waals surface area contributed by atoms with E-state index >= 15 is 0 Å². The third kappa shape index (κ3) is 3.24. The van der Waals surface area contributed by atoms with Crippen LogP contribution in [-0.2, 0) is 10.0 Å². The molecule has 1 fully saturated rings. The SMILES string of the molecule is O=S(=O)(NCC1CCC(O)C1)c1cccnc1. The lowest BCUT2D eigenvalue weighted by molar-refractivity contribution is 0.178. The van der Waals surface area contributed by atoms with Crippen LogP contribution in [0, 0.1) is 5.92 Å². The highest BCUT2D eigenvalue weighted by atomic mass is 32.2. The van der Waals surface area contributed by atoms with Crippen LogP contribution in [0.5, 0.6) is 0 Å². The predicted octanol–water partition coefficient (Wildman–Crippen LogP) is 0.521. The van der Waals surface area contributed by atoms with E-state index in [4.69, 9.17) is 0 Å². The number of hydrogen-bond donors (Lipinski definition) is 2. The monoisotopic (exact) mass is 256 g/mol. The average molecular weight is 256 g/mol. The molecule has 1 aromatic rings. The van der Waals surface area contributed by atoms with Crippen molar-refractivity contribution < 1.29 is 13.5 Å². The summed E-state index contributed by atoms with van der Waals surface area (Å²) >= 11 is 0. The van der Waals surface area contributed by atoms with Gasteiger partial charge < -0.3 is 5.11 Å². The lowest BCUT2D eigenvalue weighted by Crippen LogP contribution is -2.28. The van der Waals surface area contributed by atoms with Crippen molar-refractivity contribution in [3.63, 3.8) is 0 Å². The van der Waals surface area contributed by atoms with Crippen LogP contribution in [0.3, 0.4) is 0 Å². The summed E-state index contributed by atoms with van der Waals surface area (Å²) in [7, 11) is -3.46. The van der Waals surface area contributed by atoms with Crippen molar-refractivity contribution >= 4 is 10.0 Å². The number of sulfonamides is 1. The predicted molar refractivity (Wildman–Crippen MR) is 62.8 cm³/mol. The molecule has 0 bridgehead atoms. The number of nitrogens with zero attached hydrogens (tertiary/aromatic N) is 1. The molecule has 0 spiro atoms. The third-order valence-electron chi connectivity index (χ3n) is 3.02. The molecule has 2 rings (SSSR count). The van der Waals surface area contributed by atoms with E-state index in [2.05, 4.69) is 9.71 Å². The number of nitrogens with one attached hydrogen (secondary N) is 1. The number of aromatic nitrogens is 1. The summed E-state index contributed by atoms with van der Waals surface area (Å²) < 4.78 is 26.3. The van der Waals surface area contributed by atoms with E-state index in [-0.39, 0.29) is 16.9 Å². The first-order chi connectivity index (χ1) is 8.08. The van der Waals surface area contributed by atoms with Crippen LogP contribution in [0.2, 0.25) is 0 Å². The Morgan fingerprint density at radius 2 is 2.29 bits per heavy atom. The topological polar surface area (TPSA) is 79.3 Å². The van der Waals surface area contributed by atoms with Gasteiger partial charge >= 0.3 is 0 Å². The van der Waals surface area contributed by atoms with Gasteiger partial charge in [0.05, 0.1) is 6.10 Å². The molecule has 0 saturated heterocycles. The Morgan fingerprint density at radius 3 is 2.88 bits per heavy atom. The van der Waals surface area contributed by atoms with Crippen molar-refractivity contribution in [1.29, 1.82) is 0 Å². The van der Waals surface area contributed by atoms with Crippen LogP contribution in [0.1, 0.15) is 19.3 Å². The van der Waals surface area contributed by atoms with E-state index in [9.17, 15) is 13.5 Å². The molecule has 0 amide bonds. The Labute approximate surface area is 101 Å². The fraction of sp³-hybridized carbons (Fsp3) is 0.545. The van der Waals surface area contributed by atoms with Gasteiger partial charge in [0.25, 0.3) is 0 Å². The Bertz CT molecular complexity index is 461. The zero-order valence-electron chi connectivity index (χ0n) is 9.41. The van der Waals surface area contributed by atoms with E-state index in [0.717, 1.165) is 12.8 Å². The van der Waals surface area contributed by atoms with E-state index < -0.39 is 10.0 Å². The Balaban J connectivity index is 1.95. The first-order valence-corrected chi connectivity index (χ1v) is 7.14. The van der Waals surface area contributed by atoms with Crippen molar-refractivity contribution in [1.82, 2.24) is 9.71 Å². The fourth-order valence-electron chi connectivity index (χ4n) is 2.05. The van der Waals surface area contributed by atoms with E-state index in [0.29, 0.717) is 13.0 Å². The minimum Gasteiger partial charge on any atom is -0.393 e. The van der Waals surface area contributed by atoms with Crippen LogP contribution >= 0.6 is 0 Å². The van der Waals surface area contributed by atoms with Gasteiger partial charge in [-0.2, -0.15) is 0 Å². The molecule has 1 aliphatic rings. The van der Waals surface area contributed by atoms with Gasteiger partial charge in [-0.25, -0.2) is 13.1 Å². The summed E-state index contributed by atoms with van der Waals surface area (Å²) in [5.74, 6) is 0.233. The zero-order chi connectivity index (χ0) is 12.3. The van der Waals surface area contributed by atoms with Crippen LogP contribution in [0.4, 0.5) is 0 Å². The summed E-state index contributed by atoms with van der Waals surface area (Å²) in [6, 6.07) is 3.10. The van der Waals surface area contributed by atoms with Crippen LogP contribution in [0.25, 0.3) is 0 Å². The molecule has 1 heterocycles. The first-order valence-electron chi connectivity index (χ1n) is 5.65. The highest BCUT2D eigenvalue weighted by Crippen LogP contribution is 2.24. The normalized spacial score (nSPS) is 25.0. The van der Waals surface area contributed by atoms with Crippen LogP contribution in [-0.4, -0.2) is 31.2 Å². The van der Waals surface area contributed by atoms with Gasteiger partial charge in [0, 0.05) is 18.9 Å². The summed E-state index contributed by atoms with van der Waals surface area (Å²) in [5, 5.41) is 9.36. The molecule has 1 aromatic heterocycles. The molecule has 6 heteroatoms. The van der Waals surface area contributed by atoms with Crippen molar-refractivity contribution in [3.05, 3.63) is 24.5 Å². The smallest absolute Gasteiger partial charge is 0.242 e. The number of hydrogen-bond acceptors (Lipinski definition) is 4. The molecule has 5 nitrogen and oxygen atoms in total. The third-order valence-corrected chi connectivity index (χ3v) is 4.43. The van der Waals surface area contributed by atoms with Gasteiger partial charge in [-0.3, -0.25) is 4.98 Å². The molecule has 1 saturated carbocycles. The van der Waals surface area contributed by atoms with Crippen molar-refractivity contribution in [2.45, 2.75) is 30.3 Å². The van der Waals surface area contributed by atoms with Crippen molar-refractivity contribution in [2.24, 2.45) is 5.92 Å². The Morgan fingerprint density at radius 1 is 1.47 bits per heavy atom. The number of rotatable bonds is 4. The lowest BCUT2D eigenvalue weighted by atomic mass is 10.1. The molecule has 2 unspecified atom stereocenters. The second kappa shape index (κ2) is 5.12. The molecule has 17 heavy (non-hydrogen) atoms. The van der Waals surface area contributed by atoms with Gasteiger partial charge in [-0.1, -0.05) is 0 Å². The number of pyridine rings is 1. The Hall–Kier alpha value is -0.980. The molecule has 94 valence electrons. The summed E-state index contributed by atoms with van der Waals surface area (Å²) in [5.41, 5.74) is 0. The molecule has 2 N–H and O–H groups in total. The minimum atomic E-state index is -3.46. The molecule has 0 aliphatic heterocycles. The zero-order valence-corrected chi connectivity index (χ0v) is 10.2. The van der Waals surface area contributed by atoms with Gasteiger partial charge in [0.2, 0.25) is 10.0 Å². The van der Waals surface area contributed by atoms with Gasteiger partial charge in [-0.15, -0.1) is 0 Å². The van der Waals surface area contributed by atoms with Crippen molar-refractivity contribution in [3.8, 4) is 0 Å². The number of aliphatic hydroxyl groups excluding tert-OH is 1. The highest BCUT2D eigenvalue weighted by Gasteiger charge is 2.24. The first kappa shape index (κ1) is 12.5. The molecule has 1 aliphatic carbocycles. The standard InChI is InChI=1S/C11H16N2O3S/c14-10-4-3-9(6-10)7-13-17(15,16)11-2-1-5-12-8-11/h1-2,5,8-10,13-14H,3-4,6-7H2. The van der Waals surface area contributed by atoms with Crippen molar-refractivity contribution in [2.75, 3.05) is 6.54 Å². The molecular formula is C11H16N2O3S. The van der Waals surface area contributed by atoms with E-state index in [1.807, 2.05) is 0 Å². The van der Waals surface area contributed by atoms with Gasteiger partial charge in [0.15, 0.2) is 0 Å². The number of aliphatic hydroxyl groups is 1. The second-order valence-corrected chi connectivity index (χ2v) is 6.14. The molecule has 0 radical (unpaired) electrons. The Kier molecular flexibility index (Phi) is 3.76. The van der Waals surface area contributed by atoms with Crippen LogP contribution < -0.4 is 4.72 Å². The fourth-order valence-corrected chi connectivity index (χ4v) is 3.13. The van der Waals surface area contributed by atoms with E-state index in [1.165, 1.54) is 18.5 Å². The maximum absolute atomic E-state index is 11.9. The summed E-state index contributed by atoms with van der Waals surface area (Å²) in [6.07, 6.45) is 4.90. The minimum absolute atomic E-state index is 0.179. The largest absolute Gasteiger partial charge is 0.393 e. The van der Waals surface area contributed by atoms with E-state index in [1.54, 1.807) is 6.07 Å². The second-order valence-electron chi connectivity index (χ2n) is 4.37. The average Bonchev–Trinajstić information content (AvgIpc) is 2.74. The maximum Gasteiger partial charge on any atom is 0.242 e.